The molecule has 1 heterocycles. The number of carbonyl (C=O) groups is 1. The van der Waals surface area contributed by atoms with Gasteiger partial charge >= 0.3 is 0 Å². The number of aryl methyl sites for hydroxylation is 2. The number of thioether (sulfide) groups is 1. The van der Waals surface area contributed by atoms with Crippen LogP contribution in [0.1, 0.15) is 22.7 Å². The van der Waals surface area contributed by atoms with Gasteiger partial charge in [-0.25, -0.2) is 0 Å². The SMILES string of the molecule is Cc1ccc(-n2c(SCC(=O)NC[C@@H](c3ccccc3)N(C)C)nnc2-c2ccccc2)cc1C. The van der Waals surface area contributed by atoms with Gasteiger partial charge in [0.1, 0.15) is 0 Å². The Balaban J connectivity index is 1.51. The summed E-state index contributed by atoms with van der Waals surface area (Å²) in [7, 11) is 4.05. The largest absolute Gasteiger partial charge is 0.353 e. The molecular formula is C28H31N5OS. The van der Waals surface area contributed by atoms with Crippen LogP contribution in [0.25, 0.3) is 17.1 Å². The standard InChI is InChI=1S/C28H31N5OS/c1-20-15-16-24(17-21(20)2)33-27(23-13-9-6-10-14-23)30-31-28(33)35-19-26(34)29-18-25(32(3)4)22-11-7-5-8-12-22/h5-17,25H,18-19H2,1-4H3,(H,29,34)/t25-/m0/s1. The molecule has 0 aliphatic rings. The second kappa shape index (κ2) is 11.3. The van der Waals surface area contributed by atoms with Crippen LogP contribution in [-0.2, 0) is 4.79 Å². The Hall–Kier alpha value is -3.42. The quantitative estimate of drug-likeness (QED) is 0.336. The van der Waals surface area contributed by atoms with E-state index in [1.165, 1.54) is 28.5 Å². The number of rotatable bonds is 9. The van der Waals surface area contributed by atoms with Crippen LogP contribution in [0.3, 0.4) is 0 Å². The van der Waals surface area contributed by atoms with Crippen molar-refractivity contribution in [3.8, 4) is 17.1 Å². The van der Waals surface area contributed by atoms with E-state index in [-0.39, 0.29) is 17.7 Å². The highest BCUT2D eigenvalue weighted by Gasteiger charge is 2.19. The van der Waals surface area contributed by atoms with E-state index >= 15 is 0 Å². The molecule has 0 aliphatic carbocycles. The number of nitrogens with one attached hydrogen (secondary N) is 1. The fraction of sp³-hybridized carbons (Fsp3) is 0.250. The van der Waals surface area contributed by atoms with Gasteiger partial charge in [-0.2, -0.15) is 0 Å². The summed E-state index contributed by atoms with van der Waals surface area (Å²) in [4.78, 5) is 14.9. The average Bonchev–Trinajstić information content (AvgIpc) is 3.29. The van der Waals surface area contributed by atoms with Gasteiger partial charge in [0.25, 0.3) is 0 Å². The lowest BCUT2D eigenvalue weighted by molar-refractivity contribution is -0.118. The van der Waals surface area contributed by atoms with Crippen LogP contribution in [0.15, 0.2) is 84.0 Å². The van der Waals surface area contributed by atoms with E-state index < -0.39 is 0 Å². The second-order valence-electron chi connectivity index (χ2n) is 8.76. The third-order valence-corrected chi connectivity index (χ3v) is 6.98. The monoisotopic (exact) mass is 485 g/mol. The van der Waals surface area contributed by atoms with E-state index in [4.69, 9.17) is 0 Å². The Morgan fingerprint density at radius 1 is 0.943 bits per heavy atom. The molecule has 1 N–H and O–H groups in total. The van der Waals surface area contributed by atoms with E-state index in [0.29, 0.717) is 11.7 Å². The van der Waals surface area contributed by atoms with Crippen molar-refractivity contribution in [3.63, 3.8) is 0 Å². The van der Waals surface area contributed by atoms with Gasteiger partial charge in [0.15, 0.2) is 11.0 Å². The summed E-state index contributed by atoms with van der Waals surface area (Å²) < 4.78 is 2.03. The lowest BCUT2D eigenvalue weighted by Crippen LogP contribution is -2.35. The molecule has 0 saturated carbocycles. The zero-order valence-electron chi connectivity index (χ0n) is 20.6. The van der Waals surface area contributed by atoms with Crippen molar-refractivity contribution >= 4 is 17.7 Å². The number of hydrogen-bond donors (Lipinski definition) is 1. The highest BCUT2D eigenvalue weighted by Crippen LogP contribution is 2.29. The van der Waals surface area contributed by atoms with E-state index in [0.717, 1.165) is 17.1 Å². The van der Waals surface area contributed by atoms with Crippen LogP contribution < -0.4 is 5.32 Å². The Morgan fingerprint density at radius 2 is 1.63 bits per heavy atom. The van der Waals surface area contributed by atoms with Crippen molar-refractivity contribution in [3.05, 3.63) is 95.6 Å². The van der Waals surface area contributed by atoms with Gasteiger partial charge in [-0.3, -0.25) is 9.36 Å². The van der Waals surface area contributed by atoms with Gasteiger partial charge in [-0.05, 0) is 56.8 Å². The fourth-order valence-corrected chi connectivity index (χ4v) is 4.68. The third-order valence-electron chi connectivity index (χ3n) is 6.05. The summed E-state index contributed by atoms with van der Waals surface area (Å²) in [6.07, 6.45) is 0. The van der Waals surface area contributed by atoms with E-state index in [9.17, 15) is 4.79 Å². The van der Waals surface area contributed by atoms with Gasteiger partial charge in [0.2, 0.25) is 5.91 Å². The van der Waals surface area contributed by atoms with Crippen molar-refractivity contribution in [2.45, 2.75) is 25.0 Å². The Labute approximate surface area is 211 Å². The minimum absolute atomic E-state index is 0.0336. The molecule has 0 unspecified atom stereocenters. The number of benzene rings is 3. The van der Waals surface area contributed by atoms with Crippen LogP contribution in [0.4, 0.5) is 0 Å². The average molecular weight is 486 g/mol. The summed E-state index contributed by atoms with van der Waals surface area (Å²) in [6.45, 7) is 4.73. The van der Waals surface area contributed by atoms with Crippen molar-refractivity contribution in [1.82, 2.24) is 25.0 Å². The molecule has 1 amide bonds. The minimum atomic E-state index is -0.0336. The predicted octanol–water partition coefficient (Wildman–Crippen LogP) is 5.06. The molecule has 6 nitrogen and oxygen atoms in total. The highest BCUT2D eigenvalue weighted by molar-refractivity contribution is 7.99. The summed E-state index contributed by atoms with van der Waals surface area (Å²) in [5.41, 5.74) is 5.56. The maximum Gasteiger partial charge on any atom is 0.230 e. The molecule has 4 rings (SSSR count). The maximum absolute atomic E-state index is 12.8. The zero-order chi connectivity index (χ0) is 24.8. The van der Waals surface area contributed by atoms with Crippen LogP contribution >= 0.6 is 11.8 Å². The third kappa shape index (κ3) is 5.99. The highest BCUT2D eigenvalue weighted by atomic mass is 32.2. The summed E-state index contributed by atoms with van der Waals surface area (Å²) in [5, 5.41) is 12.7. The first-order chi connectivity index (χ1) is 16.9. The van der Waals surface area contributed by atoms with Crippen molar-refractivity contribution in [1.29, 1.82) is 0 Å². The molecule has 1 atom stereocenters. The number of amides is 1. The van der Waals surface area contributed by atoms with E-state index in [2.05, 4.69) is 64.6 Å². The first kappa shape index (κ1) is 24.7. The smallest absolute Gasteiger partial charge is 0.230 e. The first-order valence-corrected chi connectivity index (χ1v) is 12.6. The van der Waals surface area contributed by atoms with Gasteiger partial charge in [-0.15, -0.1) is 10.2 Å². The molecule has 3 aromatic carbocycles. The lowest BCUT2D eigenvalue weighted by atomic mass is 10.1. The number of carbonyl (C=O) groups excluding carboxylic acids is 1. The lowest BCUT2D eigenvalue weighted by Gasteiger charge is -2.25. The Morgan fingerprint density at radius 3 is 2.29 bits per heavy atom. The molecule has 0 spiro atoms. The van der Waals surface area contributed by atoms with Crippen LogP contribution in [0.2, 0.25) is 0 Å². The molecule has 35 heavy (non-hydrogen) atoms. The van der Waals surface area contributed by atoms with Crippen molar-refractivity contribution < 1.29 is 4.79 Å². The van der Waals surface area contributed by atoms with Crippen LogP contribution in [0.5, 0.6) is 0 Å². The van der Waals surface area contributed by atoms with Crippen molar-refractivity contribution in [2.75, 3.05) is 26.4 Å². The van der Waals surface area contributed by atoms with Gasteiger partial charge in [-0.1, -0.05) is 78.5 Å². The molecule has 0 aliphatic heterocycles. The van der Waals surface area contributed by atoms with E-state index in [1.807, 2.05) is 67.2 Å². The van der Waals surface area contributed by atoms with Crippen LogP contribution in [-0.4, -0.2) is 52.0 Å². The normalized spacial score (nSPS) is 12.0. The number of aromatic nitrogens is 3. The predicted molar refractivity (Wildman–Crippen MR) is 143 cm³/mol. The Kier molecular flexibility index (Phi) is 8.00. The molecule has 0 saturated heterocycles. The number of likely N-dealkylation sites (N-methyl/N-ethyl adjacent to an activating group) is 1. The molecule has 180 valence electrons. The second-order valence-corrected chi connectivity index (χ2v) is 9.70. The maximum atomic E-state index is 12.8. The Bertz CT molecular complexity index is 1270. The molecule has 1 aromatic heterocycles. The fourth-order valence-electron chi connectivity index (χ4n) is 3.90. The van der Waals surface area contributed by atoms with Crippen LogP contribution in [0, 0.1) is 13.8 Å². The topological polar surface area (TPSA) is 63.1 Å². The molecule has 4 aromatic rings. The summed E-state index contributed by atoms with van der Waals surface area (Å²) in [5.74, 6) is 0.981. The first-order valence-electron chi connectivity index (χ1n) is 11.6. The number of hydrogen-bond acceptors (Lipinski definition) is 5. The molecule has 0 radical (unpaired) electrons. The van der Waals surface area contributed by atoms with Gasteiger partial charge in [0, 0.05) is 12.1 Å². The van der Waals surface area contributed by atoms with Gasteiger partial charge < -0.3 is 10.2 Å². The number of nitrogens with zero attached hydrogens (tertiary/aromatic N) is 4. The molecule has 0 fully saturated rings. The molecular weight excluding hydrogens is 454 g/mol. The van der Waals surface area contributed by atoms with Crippen molar-refractivity contribution in [2.24, 2.45) is 0 Å². The molecule has 0 bridgehead atoms. The summed E-state index contributed by atoms with van der Waals surface area (Å²) in [6, 6.07) is 26.6. The molecule has 7 heteroatoms. The van der Waals surface area contributed by atoms with E-state index in [1.54, 1.807) is 0 Å². The van der Waals surface area contributed by atoms with Gasteiger partial charge in [0.05, 0.1) is 17.5 Å². The minimum Gasteiger partial charge on any atom is -0.353 e. The summed E-state index contributed by atoms with van der Waals surface area (Å²) >= 11 is 1.40. The zero-order valence-corrected chi connectivity index (χ0v) is 21.4.